The van der Waals surface area contributed by atoms with Crippen LogP contribution in [0.3, 0.4) is 0 Å². The molecule has 0 saturated carbocycles. The fourth-order valence-electron chi connectivity index (χ4n) is 1.53. The first kappa shape index (κ1) is 10.5. The van der Waals surface area contributed by atoms with E-state index in [-0.39, 0.29) is 5.56 Å². The number of hydrogen-bond donors (Lipinski definition) is 0. The fraction of sp³-hybridized carbons (Fsp3) is 0. The molecule has 0 amide bonds. The number of carbonyl (C=O) groups is 1. The normalized spacial score (nSPS) is 10.1. The Labute approximate surface area is 91.3 Å². The van der Waals surface area contributed by atoms with E-state index in [1.165, 1.54) is 0 Å². The fourth-order valence-corrected chi connectivity index (χ4v) is 1.53. The molecule has 0 aliphatic rings. The zero-order valence-corrected chi connectivity index (χ0v) is 8.28. The molecule has 1 nitrogen and oxygen atoms in total. The zero-order valence-electron chi connectivity index (χ0n) is 8.28. The second-order valence-electron chi connectivity index (χ2n) is 3.34. The Hall–Kier alpha value is -2.03. The Morgan fingerprint density at radius 1 is 0.938 bits per heavy atom. The quantitative estimate of drug-likeness (QED) is 0.705. The van der Waals surface area contributed by atoms with Gasteiger partial charge in [-0.25, -0.2) is 8.78 Å². The maximum Gasteiger partial charge on any atom is 0.159 e. The highest BCUT2D eigenvalue weighted by Gasteiger charge is 2.10. The lowest BCUT2D eigenvalue weighted by atomic mass is 10.0. The van der Waals surface area contributed by atoms with Crippen molar-refractivity contribution in [1.29, 1.82) is 0 Å². The lowest BCUT2D eigenvalue weighted by Gasteiger charge is -2.05. The van der Waals surface area contributed by atoms with Crippen LogP contribution in [0.1, 0.15) is 10.4 Å². The summed E-state index contributed by atoms with van der Waals surface area (Å²) in [6.45, 7) is 0. The minimum Gasteiger partial charge on any atom is -0.298 e. The molecule has 0 heterocycles. The largest absolute Gasteiger partial charge is 0.298 e. The SMILES string of the molecule is O=Cc1cc(F)c(F)cc1-c1ccccc1. The maximum atomic E-state index is 13.1. The van der Waals surface area contributed by atoms with Crippen molar-refractivity contribution in [3.63, 3.8) is 0 Å². The summed E-state index contributed by atoms with van der Waals surface area (Å²) < 4.78 is 26.0. The smallest absolute Gasteiger partial charge is 0.159 e. The van der Waals surface area contributed by atoms with Crippen molar-refractivity contribution in [3.8, 4) is 11.1 Å². The topological polar surface area (TPSA) is 17.1 Å². The molecule has 0 saturated heterocycles. The van der Waals surface area contributed by atoms with Gasteiger partial charge >= 0.3 is 0 Å². The Morgan fingerprint density at radius 2 is 1.56 bits per heavy atom. The maximum absolute atomic E-state index is 13.1. The molecule has 0 N–H and O–H groups in total. The Morgan fingerprint density at radius 3 is 2.19 bits per heavy atom. The van der Waals surface area contributed by atoms with Crippen molar-refractivity contribution in [3.05, 3.63) is 59.7 Å². The van der Waals surface area contributed by atoms with Gasteiger partial charge in [0, 0.05) is 5.56 Å². The van der Waals surface area contributed by atoms with Gasteiger partial charge in [-0.3, -0.25) is 4.79 Å². The molecule has 2 rings (SSSR count). The van der Waals surface area contributed by atoms with Crippen LogP contribution in [0, 0.1) is 11.6 Å². The molecule has 2 aromatic carbocycles. The molecular weight excluding hydrogens is 210 g/mol. The van der Waals surface area contributed by atoms with Gasteiger partial charge in [-0.1, -0.05) is 30.3 Å². The summed E-state index contributed by atoms with van der Waals surface area (Å²) >= 11 is 0. The average Bonchev–Trinajstić information content (AvgIpc) is 2.33. The number of hydrogen-bond acceptors (Lipinski definition) is 1. The van der Waals surface area contributed by atoms with Gasteiger partial charge in [0.15, 0.2) is 17.9 Å². The van der Waals surface area contributed by atoms with Gasteiger partial charge in [0.1, 0.15) is 0 Å². The number of aldehydes is 1. The summed E-state index contributed by atoms with van der Waals surface area (Å²) in [5.74, 6) is -1.97. The molecular formula is C13H8F2O. The molecule has 80 valence electrons. The number of benzene rings is 2. The van der Waals surface area contributed by atoms with Crippen molar-refractivity contribution < 1.29 is 13.6 Å². The molecule has 2 aromatic rings. The lowest BCUT2D eigenvalue weighted by Crippen LogP contribution is -1.93. The summed E-state index contributed by atoms with van der Waals surface area (Å²) in [6, 6.07) is 10.8. The first-order chi connectivity index (χ1) is 7.72. The van der Waals surface area contributed by atoms with Gasteiger partial charge in [0.2, 0.25) is 0 Å². The molecule has 0 aromatic heterocycles. The average molecular weight is 218 g/mol. The molecule has 16 heavy (non-hydrogen) atoms. The van der Waals surface area contributed by atoms with Crippen LogP contribution in [-0.4, -0.2) is 6.29 Å². The second kappa shape index (κ2) is 4.23. The zero-order chi connectivity index (χ0) is 11.5. The van der Waals surface area contributed by atoms with Crippen LogP contribution in [0.5, 0.6) is 0 Å². The molecule has 0 unspecified atom stereocenters. The molecule has 0 bridgehead atoms. The van der Waals surface area contributed by atoms with Gasteiger partial charge in [0.05, 0.1) is 0 Å². The van der Waals surface area contributed by atoms with E-state index in [4.69, 9.17) is 0 Å². The van der Waals surface area contributed by atoms with Crippen LogP contribution in [-0.2, 0) is 0 Å². The number of carbonyl (C=O) groups excluding carboxylic acids is 1. The number of rotatable bonds is 2. The van der Waals surface area contributed by atoms with E-state index in [9.17, 15) is 13.6 Å². The van der Waals surface area contributed by atoms with E-state index in [1.54, 1.807) is 24.3 Å². The van der Waals surface area contributed by atoms with E-state index in [2.05, 4.69) is 0 Å². The third-order valence-corrected chi connectivity index (χ3v) is 2.30. The first-order valence-electron chi connectivity index (χ1n) is 4.72. The molecule has 3 heteroatoms. The highest BCUT2D eigenvalue weighted by atomic mass is 19.2. The first-order valence-corrected chi connectivity index (χ1v) is 4.72. The predicted octanol–water partition coefficient (Wildman–Crippen LogP) is 3.44. The minimum atomic E-state index is -1.01. The van der Waals surface area contributed by atoms with E-state index >= 15 is 0 Å². The third kappa shape index (κ3) is 1.84. The second-order valence-corrected chi connectivity index (χ2v) is 3.34. The van der Waals surface area contributed by atoms with E-state index in [0.717, 1.165) is 12.1 Å². The van der Waals surface area contributed by atoms with Crippen LogP contribution in [0.2, 0.25) is 0 Å². The Balaban J connectivity index is 2.65. The summed E-state index contributed by atoms with van der Waals surface area (Å²) in [5, 5.41) is 0. The van der Waals surface area contributed by atoms with Gasteiger partial charge in [0.25, 0.3) is 0 Å². The van der Waals surface area contributed by atoms with Crippen molar-refractivity contribution in [2.45, 2.75) is 0 Å². The van der Waals surface area contributed by atoms with Crippen molar-refractivity contribution in [2.24, 2.45) is 0 Å². The molecule has 0 radical (unpaired) electrons. The predicted molar refractivity (Wildman–Crippen MR) is 57.2 cm³/mol. The Bertz CT molecular complexity index is 521. The molecule has 0 aliphatic heterocycles. The van der Waals surface area contributed by atoms with Gasteiger partial charge in [-0.15, -0.1) is 0 Å². The van der Waals surface area contributed by atoms with Crippen LogP contribution in [0.4, 0.5) is 8.78 Å². The molecule has 0 aliphatic carbocycles. The number of halogens is 2. The summed E-state index contributed by atoms with van der Waals surface area (Å²) in [7, 11) is 0. The van der Waals surface area contributed by atoms with Crippen LogP contribution in [0.25, 0.3) is 11.1 Å². The highest BCUT2D eigenvalue weighted by Crippen LogP contribution is 2.24. The molecule has 0 fully saturated rings. The molecule has 0 atom stereocenters. The van der Waals surface area contributed by atoms with Crippen molar-refractivity contribution >= 4 is 6.29 Å². The minimum absolute atomic E-state index is 0.144. The van der Waals surface area contributed by atoms with E-state index in [1.807, 2.05) is 6.07 Å². The van der Waals surface area contributed by atoms with Gasteiger partial charge in [-0.2, -0.15) is 0 Å². The monoisotopic (exact) mass is 218 g/mol. The standard InChI is InChI=1S/C13H8F2O/c14-12-6-10(8-16)11(7-13(12)15)9-4-2-1-3-5-9/h1-8H. The van der Waals surface area contributed by atoms with Gasteiger partial charge in [-0.05, 0) is 23.3 Å². The van der Waals surface area contributed by atoms with Crippen LogP contribution in [0.15, 0.2) is 42.5 Å². The lowest BCUT2D eigenvalue weighted by molar-refractivity contribution is 0.112. The summed E-state index contributed by atoms with van der Waals surface area (Å²) in [6.07, 6.45) is 0.519. The van der Waals surface area contributed by atoms with Gasteiger partial charge < -0.3 is 0 Å². The molecule has 0 spiro atoms. The third-order valence-electron chi connectivity index (χ3n) is 2.30. The van der Waals surface area contributed by atoms with Crippen LogP contribution >= 0.6 is 0 Å². The van der Waals surface area contributed by atoms with E-state index in [0.29, 0.717) is 17.4 Å². The Kier molecular flexibility index (Phi) is 2.77. The van der Waals surface area contributed by atoms with Crippen LogP contribution < -0.4 is 0 Å². The van der Waals surface area contributed by atoms with Crippen molar-refractivity contribution in [2.75, 3.05) is 0 Å². The van der Waals surface area contributed by atoms with Crippen molar-refractivity contribution in [1.82, 2.24) is 0 Å². The summed E-state index contributed by atoms with van der Waals surface area (Å²) in [5.41, 5.74) is 1.23. The summed E-state index contributed by atoms with van der Waals surface area (Å²) in [4.78, 5) is 10.8. The van der Waals surface area contributed by atoms with E-state index < -0.39 is 11.6 Å². The highest BCUT2D eigenvalue weighted by molar-refractivity contribution is 5.87.